The van der Waals surface area contributed by atoms with E-state index in [1.54, 1.807) is 6.07 Å². The largest absolute Gasteiger partial charge is 0.467 e. The van der Waals surface area contributed by atoms with Crippen molar-refractivity contribution in [2.45, 2.75) is 45.1 Å². The van der Waals surface area contributed by atoms with Gasteiger partial charge in [-0.2, -0.15) is 0 Å². The van der Waals surface area contributed by atoms with Crippen molar-refractivity contribution in [3.05, 3.63) is 42.1 Å². The number of aromatic nitrogens is 1. The monoisotopic (exact) mass is 328 g/mol. The molecule has 0 saturated carbocycles. The third-order valence-corrected chi connectivity index (χ3v) is 3.99. The average molecular weight is 328 g/mol. The second-order valence-corrected chi connectivity index (χ2v) is 5.82. The summed E-state index contributed by atoms with van der Waals surface area (Å²) in [4.78, 5) is 28.6. The first-order valence-corrected chi connectivity index (χ1v) is 8.39. The topological polar surface area (TPSA) is 68.3 Å². The van der Waals surface area contributed by atoms with Gasteiger partial charge in [-0.05, 0) is 18.6 Å². The van der Waals surface area contributed by atoms with E-state index in [4.69, 9.17) is 4.74 Å². The molecule has 0 aliphatic rings. The van der Waals surface area contributed by atoms with Gasteiger partial charge in [0.1, 0.15) is 6.04 Å². The number of esters is 1. The lowest BCUT2D eigenvalue weighted by atomic mass is 10.1. The molecule has 1 aromatic heterocycles. The van der Waals surface area contributed by atoms with E-state index in [-0.39, 0.29) is 5.91 Å². The van der Waals surface area contributed by atoms with Crippen molar-refractivity contribution in [1.29, 1.82) is 0 Å². The fraction of sp³-hybridized carbons (Fsp3) is 0.421. The molecule has 128 valence electrons. The molecule has 2 aromatic rings. The molecule has 1 N–H and O–H groups in total. The number of rotatable bonds is 8. The van der Waals surface area contributed by atoms with Crippen molar-refractivity contribution in [1.82, 2.24) is 10.3 Å². The molecule has 0 unspecified atom stereocenters. The molecule has 0 spiro atoms. The zero-order chi connectivity index (χ0) is 17.4. The number of amides is 1. The molecule has 0 bridgehead atoms. The van der Waals surface area contributed by atoms with Crippen LogP contribution in [0, 0.1) is 0 Å². The molecular formula is C19H24N2O3. The molecule has 5 nitrogen and oxygen atoms in total. The lowest BCUT2D eigenvalue weighted by Gasteiger charge is -2.16. The number of nitrogens with zero attached hydrogens (tertiary/aromatic N) is 1. The molecule has 0 fully saturated rings. The van der Waals surface area contributed by atoms with Crippen LogP contribution in [0.4, 0.5) is 0 Å². The Balaban J connectivity index is 2.05. The summed E-state index contributed by atoms with van der Waals surface area (Å²) in [5.41, 5.74) is 1.27. The summed E-state index contributed by atoms with van der Waals surface area (Å²) in [5, 5.41) is 3.66. The van der Waals surface area contributed by atoms with Crippen LogP contribution < -0.4 is 5.32 Å². The molecule has 0 aliphatic heterocycles. The number of methoxy groups -OCH3 is 1. The zero-order valence-electron chi connectivity index (χ0n) is 14.2. The highest BCUT2D eigenvalue weighted by Crippen LogP contribution is 2.13. The SMILES string of the molecule is CCCCCC[C@H](NC(=O)c1cnc2ccccc2c1)C(=O)OC. The number of para-hydroxylation sites is 1. The number of carbonyl (C=O) groups excluding carboxylic acids is 2. The molecule has 24 heavy (non-hydrogen) atoms. The van der Waals surface area contributed by atoms with Gasteiger partial charge in [-0.1, -0.05) is 50.8 Å². The predicted octanol–water partition coefficient (Wildman–Crippen LogP) is 3.48. The second-order valence-electron chi connectivity index (χ2n) is 5.82. The van der Waals surface area contributed by atoms with Crippen molar-refractivity contribution in [3.63, 3.8) is 0 Å². The van der Waals surface area contributed by atoms with E-state index in [1.165, 1.54) is 13.3 Å². The Morgan fingerprint density at radius 2 is 2.00 bits per heavy atom. The van der Waals surface area contributed by atoms with Gasteiger partial charge in [0.15, 0.2) is 0 Å². The molecule has 2 rings (SSSR count). The quantitative estimate of drug-likeness (QED) is 0.595. The van der Waals surface area contributed by atoms with Crippen LogP contribution in [0.5, 0.6) is 0 Å². The van der Waals surface area contributed by atoms with Gasteiger partial charge in [0.05, 0.1) is 18.2 Å². The fourth-order valence-electron chi connectivity index (χ4n) is 2.60. The van der Waals surface area contributed by atoms with E-state index >= 15 is 0 Å². The van der Waals surface area contributed by atoms with Gasteiger partial charge in [-0.15, -0.1) is 0 Å². The Bertz CT molecular complexity index is 700. The first-order chi connectivity index (χ1) is 11.7. The summed E-state index contributed by atoms with van der Waals surface area (Å²) in [6.07, 6.45) is 6.28. The maximum Gasteiger partial charge on any atom is 0.328 e. The minimum atomic E-state index is -0.620. The van der Waals surface area contributed by atoms with Crippen molar-refractivity contribution >= 4 is 22.8 Å². The number of nitrogens with one attached hydrogen (secondary N) is 1. The van der Waals surface area contributed by atoms with Gasteiger partial charge in [-0.25, -0.2) is 4.79 Å². The summed E-state index contributed by atoms with van der Waals surface area (Å²) >= 11 is 0. The summed E-state index contributed by atoms with van der Waals surface area (Å²) in [6.45, 7) is 2.13. The number of hydrogen-bond acceptors (Lipinski definition) is 4. The van der Waals surface area contributed by atoms with Crippen LogP contribution in [-0.4, -0.2) is 30.0 Å². The Morgan fingerprint density at radius 1 is 1.21 bits per heavy atom. The highest BCUT2D eigenvalue weighted by atomic mass is 16.5. The van der Waals surface area contributed by atoms with E-state index in [9.17, 15) is 9.59 Å². The minimum absolute atomic E-state index is 0.306. The molecule has 1 amide bonds. The number of carbonyl (C=O) groups is 2. The summed E-state index contributed by atoms with van der Waals surface area (Å²) in [7, 11) is 1.34. The van der Waals surface area contributed by atoms with Crippen LogP contribution in [0.3, 0.4) is 0 Å². The second kappa shape index (κ2) is 9.01. The fourth-order valence-corrected chi connectivity index (χ4v) is 2.60. The molecule has 1 heterocycles. The van der Waals surface area contributed by atoms with Crippen LogP contribution >= 0.6 is 0 Å². The lowest BCUT2D eigenvalue weighted by Crippen LogP contribution is -2.41. The van der Waals surface area contributed by atoms with E-state index < -0.39 is 12.0 Å². The number of fused-ring (bicyclic) bond motifs is 1. The van der Waals surface area contributed by atoms with E-state index in [0.29, 0.717) is 12.0 Å². The van der Waals surface area contributed by atoms with Gasteiger partial charge < -0.3 is 10.1 Å². The van der Waals surface area contributed by atoms with Crippen LogP contribution in [0.15, 0.2) is 36.5 Å². The molecular weight excluding hydrogens is 304 g/mol. The maximum absolute atomic E-state index is 12.4. The summed E-state index contributed by atoms with van der Waals surface area (Å²) < 4.78 is 4.81. The zero-order valence-corrected chi connectivity index (χ0v) is 14.2. The number of ether oxygens (including phenoxy) is 1. The third kappa shape index (κ3) is 4.78. The molecule has 5 heteroatoms. The van der Waals surface area contributed by atoms with Crippen LogP contribution in [0.2, 0.25) is 0 Å². The Hall–Kier alpha value is -2.43. The van der Waals surface area contributed by atoms with Gasteiger partial charge in [0.25, 0.3) is 5.91 Å². The van der Waals surface area contributed by atoms with Crippen LogP contribution in [0.1, 0.15) is 49.4 Å². The van der Waals surface area contributed by atoms with E-state index in [1.807, 2.05) is 24.3 Å². The normalized spacial score (nSPS) is 11.9. The van der Waals surface area contributed by atoms with Crippen LogP contribution in [0.25, 0.3) is 10.9 Å². The van der Waals surface area contributed by atoms with Crippen molar-refractivity contribution < 1.29 is 14.3 Å². The first-order valence-electron chi connectivity index (χ1n) is 8.39. The van der Waals surface area contributed by atoms with E-state index in [2.05, 4.69) is 17.2 Å². The predicted molar refractivity (Wildman–Crippen MR) is 93.8 cm³/mol. The Morgan fingerprint density at radius 3 is 2.75 bits per heavy atom. The average Bonchev–Trinajstić information content (AvgIpc) is 2.63. The lowest BCUT2D eigenvalue weighted by molar-refractivity contribution is -0.143. The number of pyridine rings is 1. The summed E-state index contributed by atoms with van der Waals surface area (Å²) in [6, 6.07) is 8.76. The molecule has 0 saturated heterocycles. The van der Waals surface area contributed by atoms with E-state index in [0.717, 1.165) is 36.6 Å². The maximum atomic E-state index is 12.4. The van der Waals surface area contributed by atoms with Gasteiger partial charge >= 0.3 is 5.97 Å². The van der Waals surface area contributed by atoms with Gasteiger partial charge in [0.2, 0.25) is 0 Å². The van der Waals surface area contributed by atoms with Gasteiger partial charge in [0, 0.05) is 11.6 Å². The van der Waals surface area contributed by atoms with Crippen LogP contribution in [-0.2, 0) is 9.53 Å². The molecule has 1 atom stereocenters. The Kier molecular flexibility index (Phi) is 6.73. The van der Waals surface area contributed by atoms with Crippen molar-refractivity contribution in [2.24, 2.45) is 0 Å². The third-order valence-electron chi connectivity index (χ3n) is 3.99. The van der Waals surface area contributed by atoms with Gasteiger partial charge in [-0.3, -0.25) is 9.78 Å². The van der Waals surface area contributed by atoms with Crippen molar-refractivity contribution in [2.75, 3.05) is 7.11 Å². The van der Waals surface area contributed by atoms with Crippen molar-refractivity contribution in [3.8, 4) is 0 Å². The highest BCUT2D eigenvalue weighted by molar-refractivity contribution is 5.99. The smallest absolute Gasteiger partial charge is 0.328 e. The Labute approximate surface area is 142 Å². The standard InChI is InChI=1S/C19H24N2O3/c1-3-4-5-6-11-17(19(23)24-2)21-18(22)15-12-14-9-7-8-10-16(14)20-13-15/h7-10,12-13,17H,3-6,11H2,1-2H3,(H,21,22)/t17-/m0/s1. The molecule has 1 aromatic carbocycles. The molecule has 0 radical (unpaired) electrons. The summed E-state index contributed by atoms with van der Waals surface area (Å²) in [5.74, 6) is -0.715. The first kappa shape index (κ1) is 17.9. The number of unbranched alkanes of at least 4 members (excludes halogenated alkanes) is 3. The molecule has 0 aliphatic carbocycles. The number of benzene rings is 1. The minimum Gasteiger partial charge on any atom is -0.467 e. The highest BCUT2D eigenvalue weighted by Gasteiger charge is 2.21. The number of hydrogen-bond donors (Lipinski definition) is 1.